The Labute approximate surface area is 201 Å². The maximum atomic E-state index is 13.7. The first kappa shape index (κ1) is 29.1. The van der Waals surface area contributed by atoms with Crippen LogP contribution in [0.4, 0.5) is 0 Å². The van der Waals surface area contributed by atoms with Gasteiger partial charge in [-0.15, -0.1) is 0 Å². The first-order valence-corrected chi connectivity index (χ1v) is 12.5. The second kappa shape index (κ2) is 12.5. The van der Waals surface area contributed by atoms with Crippen LogP contribution in [0.2, 0.25) is 0 Å². The number of aliphatic carboxylic acids is 1. The number of amides is 2. The Hall–Kier alpha value is -1.89. The molecule has 0 spiro atoms. The predicted octanol–water partition coefficient (Wildman–Crippen LogP) is 4.07. The number of hydrogen-bond donors (Lipinski definition) is 2. The Bertz CT molecular complexity index is 713. The van der Waals surface area contributed by atoms with Crippen LogP contribution < -0.4 is 5.32 Å². The molecule has 2 N–H and O–H groups in total. The zero-order valence-corrected chi connectivity index (χ0v) is 22.3. The fourth-order valence-electron chi connectivity index (χ4n) is 4.46. The molecule has 0 aromatic heterocycles. The van der Waals surface area contributed by atoms with E-state index >= 15 is 0 Å². The molecule has 1 aliphatic heterocycles. The van der Waals surface area contributed by atoms with Gasteiger partial charge in [-0.1, -0.05) is 60.5 Å². The molecule has 0 aromatic rings. The molecular formula is C26H47N3O4. The van der Waals surface area contributed by atoms with Gasteiger partial charge in [-0.05, 0) is 51.0 Å². The molecule has 33 heavy (non-hydrogen) atoms. The highest BCUT2D eigenvalue weighted by atomic mass is 16.4. The molecule has 5 atom stereocenters. The monoisotopic (exact) mass is 465 g/mol. The number of likely N-dealkylation sites (tertiary alicyclic amines) is 1. The van der Waals surface area contributed by atoms with Gasteiger partial charge in [0.15, 0.2) is 0 Å². The molecule has 0 bridgehead atoms. The van der Waals surface area contributed by atoms with Crippen LogP contribution in [0.5, 0.6) is 0 Å². The topological polar surface area (TPSA) is 90.0 Å². The minimum Gasteiger partial charge on any atom is -0.478 e. The minimum atomic E-state index is -0.993. The lowest BCUT2D eigenvalue weighted by Gasteiger charge is -2.41. The van der Waals surface area contributed by atoms with E-state index in [4.69, 9.17) is 0 Å². The van der Waals surface area contributed by atoms with Gasteiger partial charge in [-0.3, -0.25) is 14.5 Å². The number of hydrogen-bond acceptors (Lipinski definition) is 4. The molecule has 0 radical (unpaired) electrons. The SMILES string of the molecule is CCC(C)N1CCCC[C@@H]1C(=O)N[C@H](C(=O)N(C)[C@H](C=C(C)C(=O)O)[C@@H](C)CC)C(C)(C)C. The van der Waals surface area contributed by atoms with Gasteiger partial charge in [-0.25, -0.2) is 4.79 Å². The summed E-state index contributed by atoms with van der Waals surface area (Å²) < 4.78 is 0. The Morgan fingerprint density at radius 2 is 1.76 bits per heavy atom. The van der Waals surface area contributed by atoms with Gasteiger partial charge in [0.2, 0.25) is 11.8 Å². The number of nitrogens with zero attached hydrogens (tertiary/aromatic N) is 2. The normalized spacial score (nSPS) is 21.6. The summed E-state index contributed by atoms with van der Waals surface area (Å²) in [6.07, 6.45) is 6.32. The molecule has 1 heterocycles. The van der Waals surface area contributed by atoms with Crippen molar-refractivity contribution in [1.82, 2.24) is 15.1 Å². The van der Waals surface area contributed by atoms with Crippen LogP contribution in [0, 0.1) is 11.3 Å². The number of carbonyl (C=O) groups is 3. The summed E-state index contributed by atoms with van der Waals surface area (Å²) in [4.78, 5) is 42.5. The molecule has 0 aromatic carbocycles. The van der Waals surface area contributed by atoms with Crippen molar-refractivity contribution in [1.29, 1.82) is 0 Å². The van der Waals surface area contributed by atoms with Crippen molar-refractivity contribution in [2.75, 3.05) is 13.6 Å². The summed E-state index contributed by atoms with van der Waals surface area (Å²) in [5, 5.41) is 12.5. The van der Waals surface area contributed by atoms with E-state index in [-0.39, 0.29) is 35.4 Å². The van der Waals surface area contributed by atoms with E-state index in [1.807, 2.05) is 34.6 Å². The third-order valence-electron chi connectivity index (χ3n) is 7.18. The lowest BCUT2D eigenvalue weighted by Crippen LogP contribution is -2.60. The zero-order chi connectivity index (χ0) is 25.5. The van der Waals surface area contributed by atoms with Crippen molar-refractivity contribution in [2.24, 2.45) is 11.3 Å². The Kier molecular flexibility index (Phi) is 11.1. The van der Waals surface area contributed by atoms with Gasteiger partial charge in [0, 0.05) is 18.7 Å². The number of likely N-dealkylation sites (N-methyl/N-ethyl adjacent to an activating group) is 1. The van der Waals surface area contributed by atoms with Crippen molar-refractivity contribution in [3.05, 3.63) is 11.6 Å². The van der Waals surface area contributed by atoms with Crippen molar-refractivity contribution in [2.45, 2.75) is 112 Å². The summed E-state index contributed by atoms with van der Waals surface area (Å²) in [7, 11) is 1.71. The molecule has 1 aliphatic rings. The van der Waals surface area contributed by atoms with E-state index in [1.54, 1.807) is 24.9 Å². The van der Waals surface area contributed by atoms with Gasteiger partial charge < -0.3 is 15.3 Å². The third-order valence-corrected chi connectivity index (χ3v) is 7.18. The molecule has 1 rings (SSSR count). The average Bonchev–Trinajstić information content (AvgIpc) is 2.77. The smallest absolute Gasteiger partial charge is 0.331 e. The maximum absolute atomic E-state index is 13.7. The largest absolute Gasteiger partial charge is 0.478 e. The van der Waals surface area contributed by atoms with E-state index in [1.165, 1.54) is 0 Å². The fraction of sp³-hybridized carbons (Fsp3) is 0.808. The van der Waals surface area contributed by atoms with Crippen molar-refractivity contribution < 1.29 is 19.5 Å². The first-order chi connectivity index (χ1) is 15.3. The summed E-state index contributed by atoms with van der Waals surface area (Å²) in [5.41, 5.74) is -0.287. The molecule has 190 valence electrons. The van der Waals surface area contributed by atoms with Gasteiger partial charge in [0.25, 0.3) is 0 Å². The quantitative estimate of drug-likeness (QED) is 0.475. The van der Waals surface area contributed by atoms with Crippen LogP contribution >= 0.6 is 0 Å². The number of nitrogens with one attached hydrogen (secondary N) is 1. The highest BCUT2D eigenvalue weighted by Gasteiger charge is 2.40. The molecular weight excluding hydrogens is 418 g/mol. The highest BCUT2D eigenvalue weighted by Crippen LogP contribution is 2.26. The molecule has 7 nitrogen and oxygen atoms in total. The van der Waals surface area contributed by atoms with E-state index in [0.29, 0.717) is 6.04 Å². The van der Waals surface area contributed by atoms with Gasteiger partial charge in [-0.2, -0.15) is 0 Å². The Morgan fingerprint density at radius 3 is 2.24 bits per heavy atom. The van der Waals surface area contributed by atoms with E-state index in [2.05, 4.69) is 24.1 Å². The Morgan fingerprint density at radius 1 is 1.15 bits per heavy atom. The van der Waals surface area contributed by atoms with E-state index < -0.39 is 17.4 Å². The van der Waals surface area contributed by atoms with Crippen LogP contribution in [0.3, 0.4) is 0 Å². The number of carbonyl (C=O) groups excluding carboxylic acids is 2. The number of carboxylic acids is 1. The van der Waals surface area contributed by atoms with Crippen LogP contribution in [-0.4, -0.2) is 70.4 Å². The van der Waals surface area contributed by atoms with Crippen LogP contribution in [0.1, 0.15) is 87.5 Å². The molecule has 0 aliphatic carbocycles. The summed E-state index contributed by atoms with van der Waals surface area (Å²) in [6.45, 7) is 16.6. The molecule has 1 fully saturated rings. The predicted molar refractivity (Wildman–Crippen MR) is 133 cm³/mol. The van der Waals surface area contributed by atoms with Crippen molar-refractivity contribution in [3.63, 3.8) is 0 Å². The fourth-order valence-corrected chi connectivity index (χ4v) is 4.46. The lowest BCUT2D eigenvalue weighted by molar-refractivity contribution is -0.142. The van der Waals surface area contributed by atoms with Crippen LogP contribution in [-0.2, 0) is 14.4 Å². The molecule has 0 saturated carbocycles. The van der Waals surface area contributed by atoms with Crippen molar-refractivity contribution in [3.8, 4) is 0 Å². The Balaban J connectivity index is 3.20. The zero-order valence-electron chi connectivity index (χ0n) is 22.3. The van der Waals surface area contributed by atoms with Gasteiger partial charge >= 0.3 is 5.97 Å². The molecule has 1 saturated heterocycles. The number of rotatable bonds is 10. The van der Waals surface area contributed by atoms with Gasteiger partial charge in [0.05, 0.1) is 12.1 Å². The minimum absolute atomic E-state index is 0.0730. The number of piperidine rings is 1. The lowest BCUT2D eigenvalue weighted by atomic mass is 9.84. The maximum Gasteiger partial charge on any atom is 0.331 e. The second-order valence-electron chi connectivity index (χ2n) is 10.8. The van der Waals surface area contributed by atoms with Crippen molar-refractivity contribution >= 4 is 17.8 Å². The van der Waals surface area contributed by atoms with Crippen LogP contribution in [0.15, 0.2) is 11.6 Å². The summed E-state index contributed by atoms with van der Waals surface area (Å²) >= 11 is 0. The summed E-state index contributed by atoms with van der Waals surface area (Å²) in [5.74, 6) is -1.20. The molecule has 7 heteroatoms. The third kappa shape index (κ3) is 7.83. The molecule has 1 unspecified atom stereocenters. The molecule has 2 amide bonds. The highest BCUT2D eigenvalue weighted by molar-refractivity contribution is 5.91. The van der Waals surface area contributed by atoms with E-state index in [0.717, 1.165) is 38.6 Å². The summed E-state index contributed by atoms with van der Waals surface area (Å²) in [6, 6.07) is -0.991. The first-order valence-electron chi connectivity index (χ1n) is 12.5. The van der Waals surface area contributed by atoms with Crippen LogP contribution in [0.25, 0.3) is 0 Å². The second-order valence-corrected chi connectivity index (χ2v) is 10.8. The standard InChI is InChI=1S/C26H47N3O4/c1-10-17(3)21(16-18(4)25(32)33)28(9)24(31)22(26(6,7)8)27-23(30)20-14-12-13-15-29(20)19(5)11-2/h16-17,19-22H,10-15H2,1-9H3,(H,27,30)(H,32,33)/t17-,19?,20+,21+,22+/m0/s1. The average molecular weight is 466 g/mol. The van der Waals surface area contributed by atoms with E-state index in [9.17, 15) is 19.5 Å². The van der Waals surface area contributed by atoms with Gasteiger partial charge in [0.1, 0.15) is 6.04 Å². The number of carboxylic acid groups (broad SMARTS) is 1.